The Hall–Kier alpha value is -3.07. The predicted molar refractivity (Wildman–Crippen MR) is 148 cm³/mol. The number of carbonyl (C=O) groups is 2. The molecular formula is C28H41N3O5S. The van der Waals surface area contributed by atoms with Crippen LogP contribution in [0.3, 0.4) is 0 Å². The van der Waals surface area contributed by atoms with Crippen molar-refractivity contribution in [3.05, 3.63) is 59.7 Å². The summed E-state index contributed by atoms with van der Waals surface area (Å²) in [6, 6.07) is 14.0. The normalized spacial score (nSPS) is 12.9. The average molecular weight is 532 g/mol. The topological polar surface area (TPSA) is 96.0 Å². The van der Waals surface area contributed by atoms with Crippen molar-refractivity contribution in [2.24, 2.45) is 0 Å². The molecule has 0 aromatic heterocycles. The molecule has 0 fully saturated rings. The summed E-state index contributed by atoms with van der Waals surface area (Å²) in [5.41, 5.74) is 2.49. The number of hydrogen-bond acceptors (Lipinski definition) is 5. The van der Waals surface area contributed by atoms with Gasteiger partial charge in [0.25, 0.3) is 0 Å². The van der Waals surface area contributed by atoms with E-state index in [9.17, 15) is 18.0 Å². The van der Waals surface area contributed by atoms with Gasteiger partial charge < -0.3 is 15.0 Å². The van der Waals surface area contributed by atoms with Crippen LogP contribution in [0.15, 0.2) is 48.5 Å². The lowest BCUT2D eigenvalue weighted by molar-refractivity contribution is -0.141. The molecule has 0 saturated heterocycles. The van der Waals surface area contributed by atoms with Crippen LogP contribution in [0.1, 0.15) is 57.6 Å². The molecular weight excluding hydrogens is 490 g/mol. The van der Waals surface area contributed by atoms with Crippen LogP contribution in [-0.4, -0.2) is 57.1 Å². The number of methoxy groups -OCH3 is 1. The Morgan fingerprint density at radius 2 is 1.76 bits per heavy atom. The van der Waals surface area contributed by atoms with E-state index in [-0.39, 0.29) is 30.8 Å². The van der Waals surface area contributed by atoms with E-state index in [2.05, 4.69) is 5.32 Å². The van der Waals surface area contributed by atoms with Crippen molar-refractivity contribution >= 4 is 27.5 Å². The summed E-state index contributed by atoms with van der Waals surface area (Å²) in [6.07, 6.45) is 2.82. The van der Waals surface area contributed by atoms with Gasteiger partial charge in [0.2, 0.25) is 21.8 Å². The zero-order valence-electron chi connectivity index (χ0n) is 22.9. The van der Waals surface area contributed by atoms with Gasteiger partial charge in [-0.05, 0) is 56.4 Å². The molecule has 0 aliphatic carbocycles. The molecule has 9 heteroatoms. The lowest BCUT2D eigenvalue weighted by Gasteiger charge is -2.32. The fourth-order valence-electron chi connectivity index (χ4n) is 4.10. The largest absolute Gasteiger partial charge is 0.497 e. The molecule has 0 radical (unpaired) electrons. The summed E-state index contributed by atoms with van der Waals surface area (Å²) in [6.45, 7) is 8.26. The molecule has 0 saturated carbocycles. The Morgan fingerprint density at radius 3 is 2.35 bits per heavy atom. The second kappa shape index (κ2) is 14.0. The van der Waals surface area contributed by atoms with E-state index in [4.69, 9.17) is 4.74 Å². The third kappa shape index (κ3) is 8.77. The molecule has 0 aliphatic rings. The number of aryl methyl sites for hydroxylation is 1. The minimum absolute atomic E-state index is 0.00291. The zero-order chi connectivity index (χ0) is 27.6. The third-order valence-electron chi connectivity index (χ3n) is 6.48. The predicted octanol–water partition coefficient (Wildman–Crippen LogP) is 4.27. The van der Waals surface area contributed by atoms with Crippen molar-refractivity contribution in [2.75, 3.05) is 24.2 Å². The quantitative estimate of drug-likeness (QED) is 0.393. The molecule has 2 rings (SSSR count). The highest BCUT2D eigenvalue weighted by Gasteiger charge is 2.29. The van der Waals surface area contributed by atoms with Crippen LogP contribution in [-0.2, 0) is 26.2 Å². The van der Waals surface area contributed by atoms with Gasteiger partial charge in [0.05, 0.1) is 19.1 Å². The van der Waals surface area contributed by atoms with Gasteiger partial charge in [0.1, 0.15) is 11.8 Å². The first-order chi connectivity index (χ1) is 17.5. The second-order valence-corrected chi connectivity index (χ2v) is 11.2. The van der Waals surface area contributed by atoms with Gasteiger partial charge in [0.15, 0.2) is 0 Å². The van der Waals surface area contributed by atoms with Crippen molar-refractivity contribution in [1.29, 1.82) is 0 Å². The van der Waals surface area contributed by atoms with Crippen LogP contribution in [0.2, 0.25) is 0 Å². The number of nitrogens with one attached hydrogen (secondary N) is 1. The molecule has 2 atom stereocenters. The molecule has 2 aromatic carbocycles. The van der Waals surface area contributed by atoms with E-state index in [1.807, 2.05) is 52.0 Å². The molecule has 2 amide bonds. The Bertz CT molecular complexity index is 1150. The summed E-state index contributed by atoms with van der Waals surface area (Å²) in [7, 11) is -2.06. The summed E-state index contributed by atoms with van der Waals surface area (Å²) in [4.78, 5) is 28.3. The number of rotatable bonds is 14. The fourth-order valence-corrected chi connectivity index (χ4v) is 5.06. The molecule has 37 heavy (non-hydrogen) atoms. The highest BCUT2D eigenvalue weighted by Crippen LogP contribution is 2.24. The van der Waals surface area contributed by atoms with Gasteiger partial charge in [-0.15, -0.1) is 0 Å². The van der Waals surface area contributed by atoms with E-state index in [1.165, 1.54) is 11.4 Å². The second-order valence-electron chi connectivity index (χ2n) is 9.33. The molecule has 0 heterocycles. The molecule has 0 bridgehead atoms. The summed E-state index contributed by atoms with van der Waals surface area (Å²) in [5.74, 6) is 0.186. The van der Waals surface area contributed by atoms with Gasteiger partial charge in [-0.25, -0.2) is 8.42 Å². The number of nitrogens with zero attached hydrogens (tertiary/aromatic N) is 2. The van der Waals surface area contributed by atoms with Crippen LogP contribution < -0.4 is 14.4 Å². The van der Waals surface area contributed by atoms with Crippen LogP contribution in [0.4, 0.5) is 5.69 Å². The maximum absolute atomic E-state index is 13.5. The minimum atomic E-state index is -3.58. The SMILES string of the molecule is CC[C@H](C(=O)N[C@@H](C)CC)N(Cc1ccccc1C)C(=O)CCCN(c1cccc(OC)c1)S(C)(=O)=O. The van der Waals surface area contributed by atoms with E-state index in [0.29, 0.717) is 30.8 Å². The smallest absolute Gasteiger partial charge is 0.243 e. The third-order valence-corrected chi connectivity index (χ3v) is 7.68. The number of benzene rings is 2. The van der Waals surface area contributed by atoms with E-state index in [1.54, 1.807) is 29.2 Å². The van der Waals surface area contributed by atoms with E-state index < -0.39 is 16.1 Å². The molecule has 0 spiro atoms. The highest BCUT2D eigenvalue weighted by atomic mass is 32.2. The Morgan fingerprint density at radius 1 is 1.05 bits per heavy atom. The molecule has 0 unspecified atom stereocenters. The standard InChI is InChI=1S/C28H41N3O5S/c1-7-22(4)29-28(33)26(8-2)30(20-23-14-10-9-13-21(23)3)27(32)17-12-18-31(37(6,34)35)24-15-11-16-25(19-24)36-5/h9-11,13-16,19,22,26H,7-8,12,17-18,20H2,1-6H3,(H,29,33)/t22-,26+/m0/s1. The fraction of sp³-hybridized carbons (Fsp3) is 0.500. The van der Waals surface area contributed by atoms with Gasteiger partial charge in [-0.3, -0.25) is 13.9 Å². The number of carbonyl (C=O) groups excluding carboxylic acids is 2. The van der Waals surface area contributed by atoms with Crippen LogP contribution in [0.25, 0.3) is 0 Å². The number of amides is 2. The monoisotopic (exact) mass is 531 g/mol. The minimum Gasteiger partial charge on any atom is -0.497 e. The average Bonchev–Trinajstić information content (AvgIpc) is 2.86. The van der Waals surface area contributed by atoms with Crippen molar-refractivity contribution in [1.82, 2.24) is 10.2 Å². The van der Waals surface area contributed by atoms with Crippen molar-refractivity contribution in [2.45, 2.75) is 72.0 Å². The van der Waals surface area contributed by atoms with E-state index in [0.717, 1.165) is 23.8 Å². The zero-order valence-corrected chi connectivity index (χ0v) is 23.7. The maximum atomic E-state index is 13.5. The lowest BCUT2D eigenvalue weighted by Crippen LogP contribution is -2.50. The van der Waals surface area contributed by atoms with Crippen molar-refractivity contribution < 1.29 is 22.7 Å². The number of anilines is 1. The van der Waals surface area contributed by atoms with Crippen molar-refractivity contribution in [3.8, 4) is 5.75 Å². The first kappa shape index (κ1) is 30.2. The first-order valence-corrected chi connectivity index (χ1v) is 14.6. The van der Waals surface area contributed by atoms with Crippen molar-refractivity contribution in [3.63, 3.8) is 0 Å². The molecule has 204 valence electrons. The Balaban J connectivity index is 2.24. The summed E-state index contributed by atoms with van der Waals surface area (Å²) in [5, 5.41) is 3.01. The molecule has 8 nitrogen and oxygen atoms in total. The number of ether oxygens (including phenoxy) is 1. The van der Waals surface area contributed by atoms with Gasteiger partial charge >= 0.3 is 0 Å². The Kier molecular flexibility index (Phi) is 11.4. The molecule has 2 aromatic rings. The van der Waals surface area contributed by atoms with Crippen LogP contribution >= 0.6 is 0 Å². The molecule has 1 N–H and O–H groups in total. The molecule has 0 aliphatic heterocycles. The van der Waals surface area contributed by atoms with Gasteiger partial charge in [-0.2, -0.15) is 0 Å². The van der Waals surface area contributed by atoms with Gasteiger partial charge in [-0.1, -0.05) is 44.2 Å². The number of hydrogen-bond donors (Lipinski definition) is 1. The highest BCUT2D eigenvalue weighted by molar-refractivity contribution is 7.92. The van der Waals surface area contributed by atoms with Crippen LogP contribution in [0, 0.1) is 6.92 Å². The van der Waals surface area contributed by atoms with Crippen LogP contribution in [0.5, 0.6) is 5.75 Å². The summed E-state index contributed by atoms with van der Waals surface area (Å²) >= 11 is 0. The Labute approximate surface area is 222 Å². The summed E-state index contributed by atoms with van der Waals surface area (Å²) < 4.78 is 31.6. The lowest BCUT2D eigenvalue weighted by atomic mass is 10.0. The number of sulfonamides is 1. The van der Waals surface area contributed by atoms with E-state index >= 15 is 0 Å². The maximum Gasteiger partial charge on any atom is 0.243 e. The van der Waals surface area contributed by atoms with Gasteiger partial charge in [0, 0.05) is 31.6 Å². The first-order valence-electron chi connectivity index (χ1n) is 12.8.